The van der Waals surface area contributed by atoms with Gasteiger partial charge in [-0.15, -0.1) is 0 Å². The molecule has 4 rings (SSSR count). The lowest BCUT2D eigenvalue weighted by Crippen LogP contribution is -2.43. The van der Waals surface area contributed by atoms with Gasteiger partial charge in [0.2, 0.25) is 0 Å². The molecule has 2 aliphatic rings. The number of hydrogen-bond acceptors (Lipinski definition) is 4. The largest absolute Gasteiger partial charge is 0.378 e. The molecular weight excluding hydrogens is 416 g/mol. The molecule has 0 radical (unpaired) electrons. The molecule has 1 saturated carbocycles. The number of aromatic nitrogens is 1. The fourth-order valence-corrected chi connectivity index (χ4v) is 4.86. The van der Waals surface area contributed by atoms with E-state index in [0.29, 0.717) is 5.11 Å². The van der Waals surface area contributed by atoms with Gasteiger partial charge < -0.3 is 20.3 Å². The van der Waals surface area contributed by atoms with Gasteiger partial charge in [-0.2, -0.15) is 0 Å². The van der Waals surface area contributed by atoms with E-state index in [4.69, 9.17) is 28.6 Å². The van der Waals surface area contributed by atoms with Crippen molar-refractivity contribution in [2.75, 3.05) is 43.1 Å². The third-order valence-corrected chi connectivity index (χ3v) is 6.66. The lowest BCUT2D eigenvalue weighted by Gasteiger charge is -2.38. The number of rotatable bonds is 5. The molecule has 1 saturated heterocycles. The number of nitrogens with zero attached hydrogens (tertiary/aromatic N) is 2. The average molecular weight is 445 g/mol. The van der Waals surface area contributed by atoms with Crippen molar-refractivity contribution in [3.05, 3.63) is 53.2 Å². The van der Waals surface area contributed by atoms with Crippen molar-refractivity contribution in [3.63, 3.8) is 0 Å². The molecular formula is C23H29ClN4OS. The topological polar surface area (TPSA) is 49.4 Å². The molecule has 7 heteroatoms. The molecule has 0 unspecified atom stereocenters. The summed E-state index contributed by atoms with van der Waals surface area (Å²) in [5, 5.41) is 8.16. The van der Waals surface area contributed by atoms with Crippen molar-refractivity contribution in [3.8, 4) is 0 Å². The molecule has 0 atom stereocenters. The van der Waals surface area contributed by atoms with Crippen LogP contribution in [0.25, 0.3) is 0 Å². The Morgan fingerprint density at radius 2 is 1.93 bits per heavy atom. The summed E-state index contributed by atoms with van der Waals surface area (Å²) in [7, 11) is 0. The molecule has 0 bridgehead atoms. The number of ether oxygens (including phenoxy) is 1. The third-order valence-electron chi connectivity index (χ3n) is 6.18. The first-order valence-corrected chi connectivity index (χ1v) is 11.5. The number of morpholine rings is 1. The number of thiocarbonyl (C=S) groups is 1. The normalized spacial score (nSPS) is 18.6. The first-order valence-electron chi connectivity index (χ1n) is 10.7. The van der Waals surface area contributed by atoms with Gasteiger partial charge in [0.25, 0.3) is 0 Å². The second kappa shape index (κ2) is 9.94. The second-order valence-corrected chi connectivity index (χ2v) is 9.01. The van der Waals surface area contributed by atoms with Crippen LogP contribution in [0.5, 0.6) is 0 Å². The van der Waals surface area contributed by atoms with Crippen LogP contribution >= 0.6 is 23.8 Å². The Morgan fingerprint density at radius 1 is 1.13 bits per heavy atom. The minimum Gasteiger partial charge on any atom is -0.378 e. The minimum atomic E-state index is 0.0767. The monoisotopic (exact) mass is 444 g/mol. The molecule has 1 aliphatic heterocycles. The van der Waals surface area contributed by atoms with Gasteiger partial charge in [0.1, 0.15) is 5.82 Å². The summed E-state index contributed by atoms with van der Waals surface area (Å²) < 4.78 is 5.41. The molecule has 2 fully saturated rings. The zero-order chi connectivity index (χ0) is 20.8. The number of hydrogen-bond donors (Lipinski definition) is 2. The summed E-state index contributed by atoms with van der Waals surface area (Å²) in [4.78, 5) is 6.82. The van der Waals surface area contributed by atoms with Crippen LogP contribution in [0.2, 0.25) is 5.02 Å². The third kappa shape index (κ3) is 5.23. The van der Waals surface area contributed by atoms with Gasteiger partial charge in [-0.25, -0.2) is 4.98 Å². The standard InChI is InChI=1S/C23H29ClN4OS/c24-19-6-4-5-18(15-19)23(9-2-1-3-10-23)17-26-22(30)27-20-7-8-21(25-16-20)28-11-13-29-14-12-28/h4-8,15-16H,1-3,9-14,17H2,(H2,26,27,30). The summed E-state index contributed by atoms with van der Waals surface area (Å²) in [6.07, 6.45) is 7.92. The van der Waals surface area contributed by atoms with Crippen LogP contribution in [0.1, 0.15) is 37.7 Å². The van der Waals surface area contributed by atoms with E-state index in [-0.39, 0.29) is 5.41 Å². The quantitative estimate of drug-likeness (QED) is 0.648. The van der Waals surface area contributed by atoms with Gasteiger partial charge in [-0.1, -0.05) is 43.0 Å². The van der Waals surface area contributed by atoms with Crippen LogP contribution in [-0.4, -0.2) is 42.9 Å². The average Bonchev–Trinajstić information content (AvgIpc) is 2.79. The molecule has 2 heterocycles. The van der Waals surface area contributed by atoms with Crippen LogP contribution in [0, 0.1) is 0 Å². The lowest BCUT2D eigenvalue weighted by atomic mass is 9.69. The Morgan fingerprint density at radius 3 is 2.63 bits per heavy atom. The van der Waals surface area contributed by atoms with E-state index in [1.165, 1.54) is 24.8 Å². The maximum Gasteiger partial charge on any atom is 0.170 e. The van der Waals surface area contributed by atoms with E-state index in [0.717, 1.165) is 62.2 Å². The molecule has 1 aliphatic carbocycles. The van der Waals surface area contributed by atoms with Crippen LogP contribution in [0.4, 0.5) is 11.5 Å². The van der Waals surface area contributed by atoms with Crippen LogP contribution in [0.15, 0.2) is 42.6 Å². The molecule has 5 nitrogen and oxygen atoms in total. The van der Waals surface area contributed by atoms with Crippen molar-refractivity contribution in [1.29, 1.82) is 0 Å². The Balaban J connectivity index is 1.37. The van der Waals surface area contributed by atoms with Crippen molar-refractivity contribution < 1.29 is 4.74 Å². The molecule has 30 heavy (non-hydrogen) atoms. The molecule has 0 spiro atoms. The van der Waals surface area contributed by atoms with Gasteiger partial charge in [0, 0.05) is 30.1 Å². The number of nitrogens with one attached hydrogen (secondary N) is 2. The van der Waals surface area contributed by atoms with Crippen LogP contribution in [0.3, 0.4) is 0 Å². The number of anilines is 2. The van der Waals surface area contributed by atoms with Crippen molar-refractivity contribution in [2.24, 2.45) is 0 Å². The molecule has 2 N–H and O–H groups in total. The summed E-state index contributed by atoms with van der Waals surface area (Å²) in [5.74, 6) is 0.977. The summed E-state index contributed by atoms with van der Waals surface area (Å²) >= 11 is 11.9. The molecule has 1 aromatic heterocycles. The van der Waals surface area contributed by atoms with Crippen LogP contribution in [-0.2, 0) is 10.2 Å². The zero-order valence-corrected chi connectivity index (χ0v) is 18.8. The summed E-state index contributed by atoms with van der Waals surface area (Å²) in [6, 6.07) is 12.4. The van der Waals surface area contributed by atoms with Gasteiger partial charge in [-0.05, 0) is 54.9 Å². The highest BCUT2D eigenvalue weighted by molar-refractivity contribution is 7.80. The van der Waals surface area contributed by atoms with E-state index >= 15 is 0 Å². The maximum atomic E-state index is 6.29. The predicted molar refractivity (Wildman–Crippen MR) is 128 cm³/mol. The maximum absolute atomic E-state index is 6.29. The van der Waals surface area contributed by atoms with Gasteiger partial charge >= 0.3 is 0 Å². The van der Waals surface area contributed by atoms with Crippen molar-refractivity contribution in [1.82, 2.24) is 10.3 Å². The molecule has 160 valence electrons. The Hall–Kier alpha value is -1.89. The predicted octanol–water partition coefficient (Wildman–Crippen LogP) is 4.76. The van der Waals surface area contributed by atoms with E-state index < -0.39 is 0 Å². The van der Waals surface area contributed by atoms with Crippen LogP contribution < -0.4 is 15.5 Å². The zero-order valence-electron chi connectivity index (χ0n) is 17.2. The van der Waals surface area contributed by atoms with E-state index in [2.05, 4.69) is 32.7 Å². The highest BCUT2D eigenvalue weighted by Gasteiger charge is 2.34. The Bertz CT molecular complexity index is 849. The molecule has 0 amide bonds. The minimum absolute atomic E-state index is 0.0767. The highest BCUT2D eigenvalue weighted by atomic mass is 35.5. The first kappa shape index (κ1) is 21.3. The molecule has 2 aromatic rings. The van der Waals surface area contributed by atoms with Gasteiger partial charge in [0.05, 0.1) is 25.1 Å². The second-order valence-electron chi connectivity index (χ2n) is 8.16. The SMILES string of the molecule is S=C(NCC1(c2cccc(Cl)c2)CCCCC1)Nc1ccc(N2CCOCC2)nc1. The number of benzene rings is 1. The summed E-state index contributed by atoms with van der Waals surface area (Å²) in [6.45, 7) is 4.07. The van der Waals surface area contributed by atoms with Crippen molar-refractivity contribution in [2.45, 2.75) is 37.5 Å². The Kier molecular flexibility index (Phi) is 7.08. The first-order chi connectivity index (χ1) is 14.6. The molecule has 1 aromatic carbocycles. The number of pyridine rings is 1. The Labute approximate surface area is 189 Å². The summed E-state index contributed by atoms with van der Waals surface area (Å²) in [5.41, 5.74) is 2.28. The van der Waals surface area contributed by atoms with Gasteiger partial charge in [0.15, 0.2) is 5.11 Å². The van der Waals surface area contributed by atoms with E-state index in [1.807, 2.05) is 30.5 Å². The van der Waals surface area contributed by atoms with E-state index in [1.54, 1.807) is 0 Å². The lowest BCUT2D eigenvalue weighted by molar-refractivity contribution is 0.122. The smallest absolute Gasteiger partial charge is 0.170 e. The highest BCUT2D eigenvalue weighted by Crippen LogP contribution is 2.39. The fraction of sp³-hybridized carbons (Fsp3) is 0.478. The van der Waals surface area contributed by atoms with Gasteiger partial charge in [-0.3, -0.25) is 0 Å². The fourth-order valence-electron chi connectivity index (χ4n) is 4.48. The van der Waals surface area contributed by atoms with Crippen molar-refractivity contribution >= 4 is 40.4 Å². The van der Waals surface area contributed by atoms with E-state index in [9.17, 15) is 0 Å². The number of halogens is 1.